The number of anilines is 1. The maximum atomic E-state index is 13.9. The Hall–Kier alpha value is -3.65. The third-order valence-corrected chi connectivity index (χ3v) is 8.01. The van der Waals surface area contributed by atoms with E-state index in [1.165, 1.54) is 17.0 Å². The highest BCUT2D eigenvalue weighted by atomic mass is 32.2. The number of hydrogen-bond donors (Lipinski definition) is 1. The molecule has 0 spiro atoms. The minimum Gasteiger partial charge on any atom is -0.355 e. The Kier molecular flexibility index (Phi) is 9.10. The smallest absolute Gasteiger partial charge is 0.264 e. The number of nitrogens with one attached hydrogen (secondary N) is 1. The van der Waals surface area contributed by atoms with E-state index in [0.717, 1.165) is 26.6 Å². The zero-order valence-corrected chi connectivity index (χ0v) is 22.9. The summed E-state index contributed by atoms with van der Waals surface area (Å²) in [7, 11) is -4.07. The van der Waals surface area contributed by atoms with E-state index in [-0.39, 0.29) is 17.3 Å². The summed E-state index contributed by atoms with van der Waals surface area (Å²) in [6.07, 6.45) is 0. The summed E-state index contributed by atoms with van der Waals surface area (Å²) >= 11 is 0. The number of rotatable bonds is 10. The van der Waals surface area contributed by atoms with Gasteiger partial charge in [-0.2, -0.15) is 0 Å². The summed E-state index contributed by atoms with van der Waals surface area (Å²) < 4.78 is 28.8. The Balaban J connectivity index is 2.05. The van der Waals surface area contributed by atoms with E-state index >= 15 is 0 Å². The van der Waals surface area contributed by atoms with Crippen LogP contribution in [0.2, 0.25) is 0 Å². The Labute approximate surface area is 220 Å². The first-order valence-electron chi connectivity index (χ1n) is 12.3. The summed E-state index contributed by atoms with van der Waals surface area (Å²) in [5, 5.41) is 2.77. The van der Waals surface area contributed by atoms with Gasteiger partial charge in [0, 0.05) is 13.1 Å². The van der Waals surface area contributed by atoms with Gasteiger partial charge < -0.3 is 10.2 Å². The lowest BCUT2D eigenvalue weighted by Gasteiger charge is -2.32. The van der Waals surface area contributed by atoms with Crippen LogP contribution in [0.4, 0.5) is 5.69 Å². The van der Waals surface area contributed by atoms with E-state index in [1.807, 2.05) is 64.1 Å². The molecule has 0 fully saturated rings. The average Bonchev–Trinajstić information content (AvgIpc) is 2.88. The van der Waals surface area contributed by atoms with Crippen molar-refractivity contribution in [3.8, 4) is 0 Å². The van der Waals surface area contributed by atoms with Crippen molar-refractivity contribution in [3.05, 3.63) is 95.1 Å². The average molecular weight is 522 g/mol. The van der Waals surface area contributed by atoms with Gasteiger partial charge in [0.25, 0.3) is 10.0 Å². The molecule has 0 bridgehead atoms. The second-order valence-corrected chi connectivity index (χ2v) is 11.1. The second-order valence-electron chi connectivity index (χ2n) is 9.19. The molecule has 1 N–H and O–H groups in total. The fourth-order valence-electron chi connectivity index (χ4n) is 4.02. The van der Waals surface area contributed by atoms with E-state index in [4.69, 9.17) is 0 Å². The number of amides is 2. The van der Waals surface area contributed by atoms with Gasteiger partial charge in [-0.3, -0.25) is 13.9 Å². The van der Waals surface area contributed by atoms with Crippen LogP contribution in [0.1, 0.15) is 36.1 Å². The summed E-state index contributed by atoms with van der Waals surface area (Å²) in [6, 6.07) is 20.5. The lowest BCUT2D eigenvalue weighted by Crippen LogP contribution is -2.51. The Morgan fingerprint density at radius 1 is 0.892 bits per heavy atom. The molecule has 3 aromatic carbocycles. The minimum absolute atomic E-state index is 0.0885. The van der Waals surface area contributed by atoms with Crippen LogP contribution in [0.3, 0.4) is 0 Å². The molecule has 8 heteroatoms. The summed E-state index contributed by atoms with van der Waals surface area (Å²) in [5.41, 5.74) is 3.94. The van der Waals surface area contributed by atoms with E-state index < -0.39 is 28.5 Å². The van der Waals surface area contributed by atoms with Gasteiger partial charge in [0.1, 0.15) is 12.6 Å². The van der Waals surface area contributed by atoms with E-state index in [2.05, 4.69) is 5.32 Å². The highest BCUT2D eigenvalue weighted by Crippen LogP contribution is 2.28. The molecule has 3 rings (SSSR count). The number of hydrogen-bond acceptors (Lipinski definition) is 4. The molecule has 7 nitrogen and oxygen atoms in total. The minimum atomic E-state index is -4.07. The second kappa shape index (κ2) is 12.1. The molecule has 1 atom stereocenters. The SMILES string of the molecule is CCNC(=O)[C@H](C)N(Cc1ccc(C)cc1)C(=O)CN(c1cc(C)ccc1C)S(=O)(=O)c1ccccc1. The van der Waals surface area contributed by atoms with Crippen LogP contribution in [0.25, 0.3) is 0 Å². The molecule has 0 aliphatic carbocycles. The molecule has 0 unspecified atom stereocenters. The lowest BCUT2D eigenvalue weighted by atomic mass is 10.1. The molecule has 0 aliphatic rings. The first kappa shape index (κ1) is 27.9. The number of carbonyl (C=O) groups excluding carboxylic acids is 2. The van der Waals surface area contributed by atoms with E-state index in [9.17, 15) is 18.0 Å². The molecule has 2 amide bonds. The Morgan fingerprint density at radius 2 is 1.51 bits per heavy atom. The largest absolute Gasteiger partial charge is 0.355 e. The normalized spacial score (nSPS) is 12.0. The van der Waals surface area contributed by atoms with Crippen molar-refractivity contribution in [1.29, 1.82) is 0 Å². The third kappa shape index (κ3) is 6.77. The van der Waals surface area contributed by atoms with Crippen LogP contribution >= 0.6 is 0 Å². The van der Waals surface area contributed by atoms with Gasteiger partial charge in [-0.15, -0.1) is 0 Å². The molecule has 0 radical (unpaired) electrons. The van der Waals surface area contributed by atoms with Crippen LogP contribution in [0.15, 0.2) is 77.7 Å². The topological polar surface area (TPSA) is 86.8 Å². The fourth-order valence-corrected chi connectivity index (χ4v) is 5.51. The molecule has 0 aliphatic heterocycles. The van der Waals surface area contributed by atoms with Gasteiger partial charge in [0.2, 0.25) is 11.8 Å². The highest BCUT2D eigenvalue weighted by Gasteiger charge is 2.33. The number of benzene rings is 3. The predicted molar refractivity (Wildman–Crippen MR) is 147 cm³/mol. The third-order valence-electron chi connectivity index (χ3n) is 6.24. The van der Waals surface area contributed by atoms with Gasteiger partial charge in [0.15, 0.2) is 0 Å². The number of aryl methyl sites for hydroxylation is 3. The highest BCUT2D eigenvalue weighted by molar-refractivity contribution is 7.92. The quantitative estimate of drug-likeness (QED) is 0.430. The van der Waals surface area contributed by atoms with E-state index in [0.29, 0.717) is 12.2 Å². The van der Waals surface area contributed by atoms with Crippen molar-refractivity contribution >= 4 is 27.5 Å². The first-order chi connectivity index (χ1) is 17.5. The van der Waals surface area contributed by atoms with Crippen LogP contribution in [0, 0.1) is 20.8 Å². The molecule has 0 saturated carbocycles. The monoisotopic (exact) mass is 521 g/mol. The van der Waals surface area contributed by atoms with Gasteiger partial charge in [-0.05, 0) is 69.5 Å². The number of carbonyl (C=O) groups is 2. The molecule has 0 aromatic heterocycles. The zero-order valence-electron chi connectivity index (χ0n) is 22.1. The van der Waals surface area contributed by atoms with Crippen LogP contribution < -0.4 is 9.62 Å². The van der Waals surface area contributed by atoms with Crippen LogP contribution in [-0.4, -0.2) is 44.3 Å². The summed E-state index contributed by atoms with van der Waals surface area (Å²) in [4.78, 5) is 28.2. The van der Waals surface area contributed by atoms with Crippen molar-refractivity contribution < 1.29 is 18.0 Å². The maximum Gasteiger partial charge on any atom is 0.264 e. The van der Waals surface area contributed by atoms with Crippen LogP contribution in [0.5, 0.6) is 0 Å². The van der Waals surface area contributed by atoms with E-state index in [1.54, 1.807) is 31.2 Å². The molecular formula is C29H35N3O4S. The van der Waals surface area contributed by atoms with Crippen molar-refractivity contribution in [2.75, 3.05) is 17.4 Å². The predicted octanol–water partition coefficient (Wildman–Crippen LogP) is 4.36. The molecule has 3 aromatic rings. The Morgan fingerprint density at radius 3 is 2.14 bits per heavy atom. The Bertz CT molecular complexity index is 1340. The number of likely N-dealkylation sites (N-methyl/N-ethyl adjacent to an activating group) is 1. The maximum absolute atomic E-state index is 13.9. The van der Waals surface area contributed by atoms with Crippen molar-refractivity contribution in [3.63, 3.8) is 0 Å². The first-order valence-corrected chi connectivity index (χ1v) is 13.8. The molecule has 0 saturated heterocycles. The fraction of sp³-hybridized carbons (Fsp3) is 0.310. The summed E-state index contributed by atoms with van der Waals surface area (Å²) in [5.74, 6) is -0.771. The van der Waals surface area contributed by atoms with Gasteiger partial charge in [-0.25, -0.2) is 8.42 Å². The molecule has 196 valence electrons. The number of nitrogens with zero attached hydrogens (tertiary/aromatic N) is 2. The lowest BCUT2D eigenvalue weighted by molar-refractivity contribution is -0.139. The molecular weight excluding hydrogens is 486 g/mol. The van der Waals surface area contributed by atoms with Gasteiger partial charge >= 0.3 is 0 Å². The molecule has 0 heterocycles. The molecule has 37 heavy (non-hydrogen) atoms. The zero-order chi connectivity index (χ0) is 27.2. The number of sulfonamides is 1. The van der Waals surface area contributed by atoms with Crippen molar-refractivity contribution in [2.45, 2.75) is 52.1 Å². The standard InChI is InChI=1S/C29H35N3O4S/c1-6-30-29(34)24(5)31(19-25-16-13-21(2)14-17-25)28(33)20-32(27-18-22(3)12-15-23(27)4)37(35,36)26-10-8-7-9-11-26/h7-18,24H,6,19-20H2,1-5H3,(H,30,34)/t24-/m0/s1. The van der Waals surface area contributed by atoms with Crippen LogP contribution in [-0.2, 0) is 26.2 Å². The van der Waals surface area contributed by atoms with Gasteiger partial charge in [0.05, 0.1) is 10.6 Å². The van der Waals surface area contributed by atoms with Crippen molar-refractivity contribution in [2.24, 2.45) is 0 Å². The van der Waals surface area contributed by atoms with Gasteiger partial charge in [-0.1, -0.05) is 60.2 Å². The van der Waals surface area contributed by atoms with Crippen molar-refractivity contribution in [1.82, 2.24) is 10.2 Å². The summed E-state index contributed by atoms with van der Waals surface area (Å²) in [6.45, 7) is 9.28.